The predicted molar refractivity (Wildman–Crippen MR) is 164 cm³/mol. The second-order valence-corrected chi connectivity index (χ2v) is 11.1. The summed E-state index contributed by atoms with van der Waals surface area (Å²) < 4.78 is 0. The van der Waals surface area contributed by atoms with Crippen molar-refractivity contribution < 1.29 is 0 Å². The minimum atomic E-state index is 1.14. The zero-order valence-electron chi connectivity index (χ0n) is 22.7. The van der Waals surface area contributed by atoms with Crippen LogP contribution in [0.1, 0.15) is 76.3 Å². The molecule has 0 N–H and O–H groups in total. The molecule has 0 unspecified atom stereocenters. The molecule has 0 spiro atoms. The quantitative estimate of drug-likeness (QED) is 0.153. The van der Waals surface area contributed by atoms with Crippen molar-refractivity contribution in [1.29, 1.82) is 0 Å². The molecule has 4 aromatic rings. The van der Waals surface area contributed by atoms with Crippen molar-refractivity contribution in [2.75, 3.05) is 0 Å². The first-order valence-electron chi connectivity index (χ1n) is 14.3. The Balaban J connectivity index is 1.73. The van der Waals surface area contributed by atoms with Crippen LogP contribution in [-0.4, -0.2) is 0 Å². The van der Waals surface area contributed by atoms with Gasteiger partial charge in [-0.05, 0) is 71.2 Å². The van der Waals surface area contributed by atoms with Crippen molar-refractivity contribution in [2.24, 2.45) is 0 Å². The molecule has 1 heteroatoms. The molecule has 0 atom stereocenters. The SMILES string of the molecule is CCCCCCc1cccc(Sc2cccc(CCCCCC)c2-c2ccccc2)c1-c1ccccc1. The molecule has 0 fully saturated rings. The summed E-state index contributed by atoms with van der Waals surface area (Å²) in [7, 11) is 0. The number of unbranched alkanes of at least 4 members (excludes halogenated alkanes) is 6. The molecule has 0 amide bonds. The first kappa shape index (κ1) is 27.3. The Bertz CT molecular complexity index is 1110. The van der Waals surface area contributed by atoms with Gasteiger partial charge in [-0.2, -0.15) is 0 Å². The van der Waals surface area contributed by atoms with Gasteiger partial charge in [0.1, 0.15) is 0 Å². The van der Waals surface area contributed by atoms with Gasteiger partial charge in [-0.25, -0.2) is 0 Å². The molecule has 0 saturated carbocycles. The van der Waals surface area contributed by atoms with Crippen LogP contribution in [0.15, 0.2) is 107 Å². The van der Waals surface area contributed by atoms with Crippen molar-refractivity contribution in [3.63, 3.8) is 0 Å². The van der Waals surface area contributed by atoms with Crippen molar-refractivity contribution in [1.82, 2.24) is 0 Å². The van der Waals surface area contributed by atoms with Crippen LogP contribution in [0.25, 0.3) is 22.3 Å². The van der Waals surface area contributed by atoms with E-state index in [1.807, 2.05) is 11.8 Å². The predicted octanol–water partition coefficient (Wildman–Crippen LogP) is 11.4. The van der Waals surface area contributed by atoms with E-state index in [1.165, 1.54) is 94.5 Å². The van der Waals surface area contributed by atoms with E-state index in [0.717, 1.165) is 12.8 Å². The minimum absolute atomic E-state index is 1.14. The van der Waals surface area contributed by atoms with Gasteiger partial charge >= 0.3 is 0 Å². The number of hydrogen-bond acceptors (Lipinski definition) is 1. The maximum Gasteiger partial charge on any atom is 0.0203 e. The van der Waals surface area contributed by atoms with E-state index in [9.17, 15) is 0 Å². The second-order valence-electron chi connectivity index (χ2n) is 10.0. The molecule has 0 radical (unpaired) electrons. The monoisotopic (exact) mass is 506 g/mol. The Morgan fingerprint density at radius 1 is 0.432 bits per heavy atom. The zero-order valence-corrected chi connectivity index (χ0v) is 23.5. The van der Waals surface area contributed by atoms with Gasteiger partial charge in [0.05, 0.1) is 0 Å². The lowest BCUT2D eigenvalue weighted by molar-refractivity contribution is 0.667. The highest BCUT2D eigenvalue weighted by molar-refractivity contribution is 7.99. The lowest BCUT2D eigenvalue weighted by atomic mass is 9.95. The molecule has 0 heterocycles. The molecule has 37 heavy (non-hydrogen) atoms. The molecule has 0 aliphatic rings. The summed E-state index contributed by atoms with van der Waals surface area (Å²) in [5, 5.41) is 0. The summed E-state index contributed by atoms with van der Waals surface area (Å²) in [5.41, 5.74) is 8.43. The third-order valence-electron chi connectivity index (χ3n) is 7.17. The van der Waals surface area contributed by atoms with Gasteiger partial charge in [0.25, 0.3) is 0 Å². The first-order chi connectivity index (χ1) is 18.3. The van der Waals surface area contributed by atoms with Crippen molar-refractivity contribution in [3.8, 4) is 22.3 Å². The van der Waals surface area contributed by atoms with E-state index in [0.29, 0.717) is 0 Å². The Morgan fingerprint density at radius 3 is 1.27 bits per heavy atom. The number of hydrogen-bond donors (Lipinski definition) is 0. The lowest BCUT2D eigenvalue weighted by Gasteiger charge is -2.19. The Morgan fingerprint density at radius 2 is 0.865 bits per heavy atom. The zero-order chi connectivity index (χ0) is 25.7. The average molecular weight is 507 g/mol. The fourth-order valence-electron chi connectivity index (χ4n) is 5.21. The fourth-order valence-corrected chi connectivity index (χ4v) is 6.44. The summed E-state index contributed by atoms with van der Waals surface area (Å²) >= 11 is 1.95. The third-order valence-corrected chi connectivity index (χ3v) is 8.29. The molecule has 0 nitrogen and oxygen atoms in total. The molecule has 0 aliphatic carbocycles. The van der Waals surface area contributed by atoms with Crippen LogP contribution in [0.3, 0.4) is 0 Å². The minimum Gasteiger partial charge on any atom is -0.0888 e. The highest BCUT2D eigenvalue weighted by atomic mass is 32.2. The molecule has 0 saturated heterocycles. The summed E-state index contributed by atoms with van der Waals surface area (Å²) in [6, 6.07) is 35.9. The maximum atomic E-state index is 2.35. The Hall–Kier alpha value is -2.77. The van der Waals surface area contributed by atoms with Gasteiger partial charge in [0.2, 0.25) is 0 Å². The molecule has 4 rings (SSSR count). The van der Waals surface area contributed by atoms with Crippen LogP contribution < -0.4 is 0 Å². The third kappa shape index (κ3) is 7.62. The smallest absolute Gasteiger partial charge is 0.0203 e. The topological polar surface area (TPSA) is 0 Å². The van der Waals surface area contributed by atoms with Crippen LogP contribution in [0.5, 0.6) is 0 Å². The Kier molecular flexibility index (Phi) is 10.9. The van der Waals surface area contributed by atoms with Gasteiger partial charge in [0, 0.05) is 9.79 Å². The second kappa shape index (κ2) is 14.8. The Labute approximate surface area is 229 Å². The van der Waals surface area contributed by atoms with Crippen LogP contribution >= 0.6 is 11.8 Å². The molecule has 4 aromatic carbocycles. The van der Waals surface area contributed by atoms with Gasteiger partial charge in [-0.15, -0.1) is 0 Å². The van der Waals surface area contributed by atoms with E-state index in [1.54, 1.807) is 0 Å². The van der Waals surface area contributed by atoms with Crippen LogP contribution in [-0.2, 0) is 12.8 Å². The standard InChI is InChI=1S/C36H42S/c1-3-5-7-11-19-31-25-17-27-33(35(31)29-21-13-9-14-22-29)37-34-28-18-26-32(20-12-8-6-4-2)36(34)30-23-15-10-16-24-30/h9-10,13-18,21-28H,3-8,11-12,19-20H2,1-2H3. The molecule has 0 aliphatic heterocycles. The summed E-state index contributed by atoms with van der Waals surface area (Å²) in [6.45, 7) is 4.57. The lowest BCUT2D eigenvalue weighted by Crippen LogP contribution is -1.96. The summed E-state index contributed by atoms with van der Waals surface area (Å²) in [6.07, 6.45) is 12.6. The largest absolute Gasteiger partial charge is 0.0888 e. The van der Waals surface area contributed by atoms with Crippen molar-refractivity contribution >= 4 is 11.8 Å². The molecular weight excluding hydrogens is 464 g/mol. The normalized spacial score (nSPS) is 11.1. The van der Waals surface area contributed by atoms with Crippen molar-refractivity contribution in [2.45, 2.75) is 87.8 Å². The van der Waals surface area contributed by atoms with E-state index in [2.05, 4.69) is 111 Å². The molecule has 192 valence electrons. The van der Waals surface area contributed by atoms with Crippen molar-refractivity contribution in [3.05, 3.63) is 108 Å². The van der Waals surface area contributed by atoms with Gasteiger partial charge in [-0.1, -0.05) is 149 Å². The molecule has 0 bridgehead atoms. The first-order valence-corrected chi connectivity index (χ1v) is 15.2. The van der Waals surface area contributed by atoms with Crippen LogP contribution in [0, 0.1) is 0 Å². The van der Waals surface area contributed by atoms with E-state index in [4.69, 9.17) is 0 Å². The van der Waals surface area contributed by atoms with E-state index in [-0.39, 0.29) is 0 Å². The van der Waals surface area contributed by atoms with E-state index >= 15 is 0 Å². The van der Waals surface area contributed by atoms with Crippen LogP contribution in [0.2, 0.25) is 0 Å². The number of benzene rings is 4. The number of rotatable bonds is 14. The summed E-state index contributed by atoms with van der Waals surface area (Å²) in [4.78, 5) is 2.72. The molecular formula is C36H42S. The molecule has 0 aromatic heterocycles. The van der Waals surface area contributed by atoms with Gasteiger partial charge in [0.15, 0.2) is 0 Å². The van der Waals surface area contributed by atoms with Crippen LogP contribution in [0.4, 0.5) is 0 Å². The summed E-state index contributed by atoms with van der Waals surface area (Å²) in [5.74, 6) is 0. The number of aryl methyl sites for hydroxylation is 2. The van der Waals surface area contributed by atoms with Gasteiger partial charge in [-0.3, -0.25) is 0 Å². The average Bonchev–Trinajstić information content (AvgIpc) is 2.95. The highest BCUT2D eigenvalue weighted by Gasteiger charge is 2.16. The highest BCUT2D eigenvalue weighted by Crippen LogP contribution is 2.43. The van der Waals surface area contributed by atoms with E-state index < -0.39 is 0 Å². The van der Waals surface area contributed by atoms with Gasteiger partial charge < -0.3 is 0 Å². The maximum absolute atomic E-state index is 2.35. The fraction of sp³-hybridized carbons (Fsp3) is 0.333.